The number of likely N-dealkylation sites (tertiary alicyclic amines) is 1. The Morgan fingerprint density at radius 2 is 2.19 bits per heavy atom. The van der Waals surface area contributed by atoms with Crippen molar-refractivity contribution in [2.75, 3.05) is 25.7 Å². The third-order valence-corrected chi connectivity index (χ3v) is 4.63. The maximum atomic E-state index is 12.5. The van der Waals surface area contributed by atoms with Gasteiger partial charge in [-0.3, -0.25) is 4.79 Å². The molecule has 21 heavy (non-hydrogen) atoms. The fourth-order valence-corrected chi connectivity index (χ4v) is 3.27. The van der Waals surface area contributed by atoms with Crippen molar-refractivity contribution < 1.29 is 9.53 Å². The first kappa shape index (κ1) is 16.2. The van der Waals surface area contributed by atoms with Crippen LogP contribution in [0, 0.1) is 0 Å². The molecule has 116 valence electrons. The van der Waals surface area contributed by atoms with E-state index in [0.717, 1.165) is 37.3 Å². The lowest BCUT2D eigenvalue weighted by Crippen LogP contribution is -2.43. The number of rotatable bonds is 6. The number of carbonyl (C=O) groups is 1. The Hall–Kier alpha value is -1.20. The first-order valence-electron chi connectivity index (χ1n) is 7.36. The molecule has 0 aliphatic carbocycles. The molecule has 0 spiro atoms. The Morgan fingerprint density at radius 1 is 1.48 bits per heavy atom. The maximum Gasteiger partial charge on any atom is 0.240 e. The summed E-state index contributed by atoms with van der Waals surface area (Å²) in [6.07, 6.45) is 4.82. The zero-order valence-electron chi connectivity index (χ0n) is 12.7. The van der Waals surface area contributed by atoms with E-state index in [1.54, 1.807) is 18.9 Å². The third-order valence-electron chi connectivity index (χ3n) is 3.99. The Bertz CT molecular complexity index is 464. The van der Waals surface area contributed by atoms with Crippen LogP contribution < -0.4 is 10.5 Å². The summed E-state index contributed by atoms with van der Waals surface area (Å²) in [4.78, 5) is 14.5. The van der Waals surface area contributed by atoms with Crippen molar-refractivity contribution in [1.29, 1.82) is 0 Å². The minimum Gasteiger partial charge on any atom is -0.497 e. The van der Waals surface area contributed by atoms with E-state index in [9.17, 15) is 4.79 Å². The highest BCUT2D eigenvalue weighted by atomic mass is 32.2. The van der Waals surface area contributed by atoms with Gasteiger partial charge in [-0.25, -0.2) is 0 Å². The molecule has 5 heteroatoms. The molecule has 0 aromatic heterocycles. The number of thioether (sulfide) groups is 1. The normalized spacial score (nSPS) is 19.6. The lowest BCUT2D eigenvalue weighted by molar-refractivity contribution is -0.133. The van der Waals surface area contributed by atoms with Crippen molar-refractivity contribution in [2.24, 2.45) is 5.73 Å². The monoisotopic (exact) mass is 308 g/mol. The van der Waals surface area contributed by atoms with Crippen molar-refractivity contribution in [3.05, 3.63) is 29.8 Å². The number of benzene rings is 1. The van der Waals surface area contributed by atoms with Gasteiger partial charge in [0.1, 0.15) is 5.75 Å². The molecule has 1 aliphatic rings. The van der Waals surface area contributed by atoms with Crippen LogP contribution in [0.25, 0.3) is 0 Å². The smallest absolute Gasteiger partial charge is 0.240 e. The lowest BCUT2D eigenvalue weighted by Gasteiger charge is -2.28. The molecule has 1 aliphatic heterocycles. The fourth-order valence-electron chi connectivity index (χ4n) is 2.78. The molecule has 1 saturated heterocycles. The van der Waals surface area contributed by atoms with Crippen LogP contribution in [-0.4, -0.2) is 42.5 Å². The van der Waals surface area contributed by atoms with E-state index in [1.807, 2.05) is 35.4 Å². The van der Waals surface area contributed by atoms with Crippen molar-refractivity contribution in [2.45, 2.75) is 31.3 Å². The van der Waals surface area contributed by atoms with Crippen LogP contribution in [0.3, 0.4) is 0 Å². The largest absolute Gasteiger partial charge is 0.497 e. The van der Waals surface area contributed by atoms with Gasteiger partial charge in [-0.2, -0.15) is 11.8 Å². The summed E-state index contributed by atoms with van der Waals surface area (Å²) in [5.74, 6) is 1.85. The van der Waals surface area contributed by atoms with Gasteiger partial charge in [-0.1, -0.05) is 12.1 Å². The van der Waals surface area contributed by atoms with E-state index >= 15 is 0 Å². The SMILES string of the molecule is COc1ccc(C2CCCN2C(=O)[C@@H](N)CCSC)cc1. The highest BCUT2D eigenvalue weighted by Gasteiger charge is 2.32. The summed E-state index contributed by atoms with van der Waals surface area (Å²) in [6, 6.07) is 7.76. The van der Waals surface area contributed by atoms with Gasteiger partial charge in [0.15, 0.2) is 0 Å². The van der Waals surface area contributed by atoms with Crippen molar-refractivity contribution in [1.82, 2.24) is 4.90 Å². The first-order chi connectivity index (χ1) is 10.2. The van der Waals surface area contributed by atoms with E-state index in [4.69, 9.17) is 10.5 Å². The van der Waals surface area contributed by atoms with E-state index in [0.29, 0.717) is 0 Å². The highest BCUT2D eigenvalue weighted by molar-refractivity contribution is 7.98. The second-order valence-corrected chi connectivity index (χ2v) is 6.34. The van der Waals surface area contributed by atoms with Crippen LogP contribution in [0.4, 0.5) is 0 Å². The number of carbonyl (C=O) groups excluding carboxylic acids is 1. The molecular weight excluding hydrogens is 284 g/mol. The van der Waals surface area contributed by atoms with Gasteiger partial charge in [-0.15, -0.1) is 0 Å². The predicted octanol–water partition coefficient (Wildman–Crippen LogP) is 2.44. The molecule has 0 saturated carbocycles. The second-order valence-electron chi connectivity index (χ2n) is 5.35. The fraction of sp³-hybridized carbons (Fsp3) is 0.562. The molecule has 1 aromatic carbocycles. The molecule has 0 bridgehead atoms. The van der Waals surface area contributed by atoms with Crippen LogP contribution in [0.1, 0.15) is 30.9 Å². The molecule has 1 unspecified atom stereocenters. The maximum absolute atomic E-state index is 12.5. The zero-order valence-corrected chi connectivity index (χ0v) is 13.6. The molecular formula is C16H24N2O2S. The summed E-state index contributed by atoms with van der Waals surface area (Å²) in [6.45, 7) is 0.808. The minimum atomic E-state index is -0.378. The van der Waals surface area contributed by atoms with E-state index in [2.05, 4.69) is 0 Å². The Labute approximate surface area is 131 Å². The van der Waals surface area contributed by atoms with Gasteiger partial charge in [0.25, 0.3) is 0 Å². The van der Waals surface area contributed by atoms with Gasteiger partial charge >= 0.3 is 0 Å². The molecule has 1 heterocycles. The van der Waals surface area contributed by atoms with Crippen LogP contribution in [0.15, 0.2) is 24.3 Å². The average molecular weight is 308 g/mol. The summed E-state index contributed by atoms with van der Waals surface area (Å²) in [5.41, 5.74) is 7.21. The van der Waals surface area contributed by atoms with Crippen molar-refractivity contribution in [3.63, 3.8) is 0 Å². The Balaban J connectivity index is 2.06. The van der Waals surface area contributed by atoms with Gasteiger partial charge in [-0.05, 0) is 49.0 Å². The molecule has 2 rings (SSSR count). The van der Waals surface area contributed by atoms with E-state index in [-0.39, 0.29) is 18.0 Å². The zero-order chi connectivity index (χ0) is 15.2. The Morgan fingerprint density at radius 3 is 2.81 bits per heavy atom. The van der Waals surface area contributed by atoms with E-state index in [1.165, 1.54) is 5.56 Å². The molecule has 2 atom stereocenters. The molecule has 1 fully saturated rings. The summed E-state index contributed by atoms with van der Waals surface area (Å²) >= 11 is 1.73. The van der Waals surface area contributed by atoms with Crippen LogP contribution in [0.5, 0.6) is 5.75 Å². The molecule has 0 radical (unpaired) electrons. The summed E-state index contributed by atoms with van der Waals surface area (Å²) in [5, 5.41) is 0. The first-order valence-corrected chi connectivity index (χ1v) is 8.75. The van der Waals surface area contributed by atoms with Crippen molar-refractivity contribution >= 4 is 17.7 Å². The summed E-state index contributed by atoms with van der Waals surface area (Å²) < 4.78 is 5.19. The lowest BCUT2D eigenvalue weighted by atomic mass is 10.0. The van der Waals surface area contributed by atoms with Crippen LogP contribution in [0.2, 0.25) is 0 Å². The minimum absolute atomic E-state index is 0.0855. The number of hydrogen-bond acceptors (Lipinski definition) is 4. The number of ether oxygens (including phenoxy) is 1. The van der Waals surface area contributed by atoms with Crippen LogP contribution >= 0.6 is 11.8 Å². The van der Waals surface area contributed by atoms with Gasteiger partial charge in [0.05, 0.1) is 19.2 Å². The molecule has 4 nitrogen and oxygen atoms in total. The third kappa shape index (κ3) is 3.92. The number of methoxy groups -OCH3 is 1. The number of nitrogens with two attached hydrogens (primary N) is 1. The van der Waals surface area contributed by atoms with Crippen molar-refractivity contribution in [3.8, 4) is 5.75 Å². The average Bonchev–Trinajstić information content (AvgIpc) is 3.01. The molecule has 2 N–H and O–H groups in total. The van der Waals surface area contributed by atoms with E-state index < -0.39 is 0 Å². The molecule has 1 amide bonds. The van der Waals surface area contributed by atoms with Gasteiger partial charge in [0.2, 0.25) is 5.91 Å². The highest BCUT2D eigenvalue weighted by Crippen LogP contribution is 2.33. The van der Waals surface area contributed by atoms with Gasteiger partial charge in [0, 0.05) is 6.54 Å². The van der Waals surface area contributed by atoms with Gasteiger partial charge < -0.3 is 15.4 Å². The quantitative estimate of drug-likeness (QED) is 0.877. The summed E-state index contributed by atoms with van der Waals surface area (Å²) in [7, 11) is 1.66. The number of amides is 1. The van der Waals surface area contributed by atoms with Crippen LogP contribution in [-0.2, 0) is 4.79 Å². The Kier molecular flexibility index (Phi) is 5.94. The topological polar surface area (TPSA) is 55.6 Å². The standard InChI is InChI=1S/C16H24N2O2S/c1-20-13-7-5-12(6-8-13)15-4-3-10-18(15)16(19)14(17)9-11-21-2/h5-8,14-15H,3-4,9-11,17H2,1-2H3/t14-,15?/m0/s1. The number of hydrogen-bond donors (Lipinski definition) is 1. The second kappa shape index (κ2) is 7.71. The molecule has 1 aromatic rings. The number of nitrogens with zero attached hydrogens (tertiary/aromatic N) is 1. The predicted molar refractivity (Wildman–Crippen MR) is 87.7 cm³/mol.